The standard InChI is InChI=1S/C19H23N3O5/c1-11-9-12(22(26)27)5-6-14(11)20-15(23)10-21-16(24)13-7-8-19(4,17(21)25)18(13,2)3/h5-6,9,13H,7-8,10H2,1-4H3,(H,20,23). The van der Waals surface area contributed by atoms with Crippen LogP contribution in [0.4, 0.5) is 11.4 Å². The Morgan fingerprint density at radius 2 is 2.00 bits per heavy atom. The van der Waals surface area contributed by atoms with Crippen LogP contribution in [0, 0.1) is 33.8 Å². The van der Waals surface area contributed by atoms with Crippen molar-refractivity contribution in [2.45, 2.75) is 40.5 Å². The van der Waals surface area contributed by atoms with Crippen molar-refractivity contribution < 1.29 is 19.3 Å². The summed E-state index contributed by atoms with van der Waals surface area (Å²) >= 11 is 0. The number of piperidine rings is 1. The molecule has 1 aliphatic carbocycles. The number of amides is 3. The lowest BCUT2D eigenvalue weighted by Crippen LogP contribution is -2.60. The lowest BCUT2D eigenvalue weighted by atomic mass is 9.62. The minimum atomic E-state index is -0.658. The fourth-order valence-corrected chi connectivity index (χ4v) is 4.29. The lowest BCUT2D eigenvalue weighted by Gasteiger charge is -2.47. The first-order chi connectivity index (χ1) is 12.5. The first-order valence-corrected chi connectivity index (χ1v) is 8.90. The molecule has 1 heterocycles. The van der Waals surface area contributed by atoms with Gasteiger partial charge in [-0.05, 0) is 36.8 Å². The molecule has 1 saturated heterocycles. The second-order valence-corrected chi connectivity index (χ2v) is 8.18. The Balaban J connectivity index is 1.76. The van der Waals surface area contributed by atoms with E-state index in [4.69, 9.17) is 0 Å². The zero-order valence-corrected chi connectivity index (χ0v) is 15.9. The maximum Gasteiger partial charge on any atom is 0.269 e. The molecule has 1 N–H and O–H groups in total. The SMILES string of the molecule is Cc1cc([N+](=O)[O-])ccc1NC(=O)CN1C(=O)C2CCC(C)(C1=O)C2(C)C. The van der Waals surface area contributed by atoms with Crippen LogP contribution < -0.4 is 5.32 Å². The summed E-state index contributed by atoms with van der Waals surface area (Å²) in [6.45, 7) is 7.04. The van der Waals surface area contributed by atoms with Crippen LogP contribution in [-0.2, 0) is 14.4 Å². The van der Waals surface area contributed by atoms with Crippen molar-refractivity contribution in [3.8, 4) is 0 Å². The number of carbonyl (C=O) groups excluding carboxylic acids is 3. The third kappa shape index (κ3) is 2.79. The molecular formula is C19H23N3O5. The fourth-order valence-electron chi connectivity index (χ4n) is 4.29. The van der Waals surface area contributed by atoms with Gasteiger partial charge in [-0.2, -0.15) is 0 Å². The average Bonchev–Trinajstić information content (AvgIpc) is 2.77. The van der Waals surface area contributed by atoms with Gasteiger partial charge in [-0.1, -0.05) is 20.8 Å². The van der Waals surface area contributed by atoms with E-state index in [1.165, 1.54) is 18.2 Å². The molecule has 1 saturated carbocycles. The fraction of sp³-hybridized carbons (Fsp3) is 0.526. The van der Waals surface area contributed by atoms with E-state index in [9.17, 15) is 24.5 Å². The summed E-state index contributed by atoms with van der Waals surface area (Å²) in [4.78, 5) is 49.5. The van der Waals surface area contributed by atoms with Crippen molar-refractivity contribution in [2.75, 3.05) is 11.9 Å². The Morgan fingerprint density at radius 1 is 1.33 bits per heavy atom. The van der Waals surface area contributed by atoms with Crippen molar-refractivity contribution in [3.05, 3.63) is 33.9 Å². The molecule has 8 heteroatoms. The number of nitrogens with zero attached hydrogens (tertiary/aromatic N) is 2. The number of carbonyl (C=O) groups is 3. The number of nitro groups is 1. The third-order valence-electron chi connectivity index (χ3n) is 6.50. The number of benzene rings is 1. The van der Waals surface area contributed by atoms with Crippen molar-refractivity contribution in [3.63, 3.8) is 0 Å². The third-order valence-corrected chi connectivity index (χ3v) is 6.50. The summed E-state index contributed by atoms with van der Waals surface area (Å²) in [5, 5.41) is 13.4. The number of rotatable bonds is 4. The van der Waals surface area contributed by atoms with E-state index in [1.807, 2.05) is 20.8 Å². The monoisotopic (exact) mass is 373 g/mol. The van der Waals surface area contributed by atoms with Crippen LogP contribution in [-0.4, -0.2) is 34.1 Å². The molecule has 1 aromatic rings. The Morgan fingerprint density at radius 3 is 2.59 bits per heavy atom. The summed E-state index contributed by atoms with van der Waals surface area (Å²) < 4.78 is 0. The van der Waals surface area contributed by atoms with Crippen molar-refractivity contribution in [2.24, 2.45) is 16.7 Å². The van der Waals surface area contributed by atoms with E-state index in [-0.39, 0.29) is 30.0 Å². The zero-order chi connectivity index (χ0) is 20.1. The quantitative estimate of drug-likeness (QED) is 0.496. The van der Waals surface area contributed by atoms with Gasteiger partial charge in [-0.3, -0.25) is 29.4 Å². The van der Waals surface area contributed by atoms with Gasteiger partial charge in [0.05, 0.1) is 10.3 Å². The number of nitro benzene ring substituents is 1. The number of imide groups is 1. The van der Waals surface area contributed by atoms with Crippen LogP contribution in [0.25, 0.3) is 0 Å². The number of aryl methyl sites for hydroxylation is 1. The Bertz CT molecular complexity index is 863. The molecule has 3 amide bonds. The van der Waals surface area contributed by atoms with Crippen LogP contribution in [0.5, 0.6) is 0 Å². The van der Waals surface area contributed by atoms with Gasteiger partial charge in [0, 0.05) is 23.7 Å². The predicted molar refractivity (Wildman–Crippen MR) is 97.8 cm³/mol. The van der Waals surface area contributed by atoms with E-state index in [0.717, 1.165) is 4.90 Å². The van der Waals surface area contributed by atoms with Crippen molar-refractivity contribution >= 4 is 29.1 Å². The van der Waals surface area contributed by atoms with Gasteiger partial charge in [0.15, 0.2) is 0 Å². The summed E-state index contributed by atoms with van der Waals surface area (Å²) in [7, 11) is 0. The highest BCUT2D eigenvalue weighted by Crippen LogP contribution is 2.59. The van der Waals surface area contributed by atoms with Gasteiger partial charge in [-0.25, -0.2) is 0 Å². The van der Waals surface area contributed by atoms with Crippen LogP contribution >= 0.6 is 0 Å². The van der Waals surface area contributed by atoms with Crippen LogP contribution in [0.2, 0.25) is 0 Å². The molecule has 2 bridgehead atoms. The second-order valence-electron chi connectivity index (χ2n) is 8.18. The minimum Gasteiger partial charge on any atom is -0.324 e. The molecule has 144 valence electrons. The van der Waals surface area contributed by atoms with Crippen LogP contribution in [0.1, 0.15) is 39.2 Å². The average molecular weight is 373 g/mol. The molecule has 1 aliphatic heterocycles. The van der Waals surface area contributed by atoms with Gasteiger partial charge in [0.25, 0.3) is 5.69 Å². The topological polar surface area (TPSA) is 110 Å². The maximum absolute atomic E-state index is 13.0. The van der Waals surface area contributed by atoms with E-state index in [0.29, 0.717) is 24.1 Å². The zero-order valence-electron chi connectivity index (χ0n) is 15.9. The normalized spacial score (nSPS) is 26.2. The summed E-state index contributed by atoms with van der Waals surface area (Å²) in [5.74, 6) is -1.37. The summed E-state index contributed by atoms with van der Waals surface area (Å²) in [6.07, 6.45) is 1.28. The highest BCUT2D eigenvalue weighted by Gasteiger charge is 2.64. The summed E-state index contributed by atoms with van der Waals surface area (Å²) in [5.41, 5.74) is -0.212. The molecule has 8 nitrogen and oxygen atoms in total. The largest absolute Gasteiger partial charge is 0.324 e. The molecule has 2 aliphatic rings. The lowest BCUT2D eigenvalue weighted by molar-refractivity contribution is -0.384. The predicted octanol–water partition coefficient (Wildman–Crippen LogP) is 2.65. The van der Waals surface area contributed by atoms with Crippen molar-refractivity contribution in [1.29, 1.82) is 0 Å². The minimum absolute atomic E-state index is 0.0707. The Hall–Kier alpha value is -2.77. The Labute approximate surface area is 157 Å². The molecule has 27 heavy (non-hydrogen) atoms. The number of non-ortho nitro benzene ring substituents is 1. The smallest absolute Gasteiger partial charge is 0.269 e. The Kier molecular flexibility index (Phi) is 4.32. The number of anilines is 1. The number of hydrogen-bond acceptors (Lipinski definition) is 5. The van der Waals surface area contributed by atoms with E-state index >= 15 is 0 Å². The van der Waals surface area contributed by atoms with Crippen LogP contribution in [0.15, 0.2) is 18.2 Å². The second kappa shape index (κ2) is 6.14. The van der Waals surface area contributed by atoms with Crippen molar-refractivity contribution in [1.82, 2.24) is 4.90 Å². The first-order valence-electron chi connectivity index (χ1n) is 8.90. The molecule has 3 rings (SSSR count). The maximum atomic E-state index is 13.0. The number of fused-ring (bicyclic) bond motifs is 2. The van der Waals surface area contributed by atoms with Gasteiger partial charge in [0.2, 0.25) is 17.7 Å². The molecule has 2 fully saturated rings. The van der Waals surface area contributed by atoms with E-state index in [1.54, 1.807) is 6.92 Å². The molecule has 2 unspecified atom stereocenters. The number of likely N-dealkylation sites (tertiary alicyclic amines) is 1. The van der Waals surface area contributed by atoms with Gasteiger partial charge >= 0.3 is 0 Å². The van der Waals surface area contributed by atoms with Gasteiger partial charge in [-0.15, -0.1) is 0 Å². The van der Waals surface area contributed by atoms with Crippen LogP contribution in [0.3, 0.4) is 0 Å². The molecule has 1 aromatic carbocycles. The summed E-state index contributed by atoms with van der Waals surface area (Å²) in [6, 6.07) is 4.10. The number of nitrogens with one attached hydrogen (secondary N) is 1. The van der Waals surface area contributed by atoms with E-state index < -0.39 is 21.7 Å². The molecule has 0 spiro atoms. The molecule has 0 radical (unpaired) electrons. The number of hydrogen-bond donors (Lipinski definition) is 1. The van der Waals surface area contributed by atoms with Gasteiger partial charge < -0.3 is 5.32 Å². The first kappa shape index (κ1) is 19.0. The molecule has 2 atom stereocenters. The molecular weight excluding hydrogens is 350 g/mol. The van der Waals surface area contributed by atoms with Gasteiger partial charge in [0.1, 0.15) is 6.54 Å². The highest BCUT2D eigenvalue weighted by molar-refractivity contribution is 6.07. The van der Waals surface area contributed by atoms with E-state index in [2.05, 4.69) is 5.32 Å². The highest BCUT2D eigenvalue weighted by atomic mass is 16.6. The molecule has 0 aromatic heterocycles.